The topological polar surface area (TPSA) is 59.6 Å². The molecule has 7 heteroatoms. The summed E-state index contributed by atoms with van der Waals surface area (Å²) < 4.78 is 38.5. The summed E-state index contributed by atoms with van der Waals surface area (Å²) in [6.45, 7) is 4.15. The molecule has 0 saturated carbocycles. The van der Waals surface area contributed by atoms with Crippen molar-refractivity contribution in [3.8, 4) is 23.3 Å². The standard InChI is InChI=1S/C21H20F2N2O3/c1-21(2)13-14-7-5-10-17(19(14)28-21)27-12-4-3-11-24-20(26)25-18-15(22)8-6-9-16(18)23/h5-10H,11-13H2,1-2H3,(H2,24,25,26). The van der Waals surface area contributed by atoms with Gasteiger partial charge < -0.3 is 20.1 Å². The summed E-state index contributed by atoms with van der Waals surface area (Å²) in [6, 6.07) is 8.30. The number of benzene rings is 2. The van der Waals surface area contributed by atoms with Crippen molar-refractivity contribution in [2.24, 2.45) is 0 Å². The van der Waals surface area contributed by atoms with E-state index in [1.54, 1.807) is 0 Å². The van der Waals surface area contributed by atoms with Crippen LogP contribution in [-0.2, 0) is 6.42 Å². The van der Waals surface area contributed by atoms with Gasteiger partial charge in [-0.05, 0) is 32.0 Å². The minimum atomic E-state index is -0.851. The van der Waals surface area contributed by atoms with Crippen LogP contribution in [0.2, 0.25) is 0 Å². The molecule has 2 N–H and O–H groups in total. The predicted molar refractivity (Wildman–Crippen MR) is 102 cm³/mol. The third kappa shape index (κ3) is 4.71. The molecule has 146 valence electrons. The lowest BCUT2D eigenvalue weighted by molar-refractivity contribution is 0.133. The lowest BCUT2D eigenvalue weighted by Gasteiger charge is -2.17. The van der Waals surface area contributed by atoms with Crippen LogP contribution < -0.4 is 20.1 Å². The van der Waals surface area contributed by atoms with Gasteiger partial charge >= 0.3 is 6.03 Å². The number of carbonyl (C=O) groups is 1. The number of para-hydroxylation sites is 2. The van der Waals surface area contributed by atoms with E-state index in [0.29, 0.717) is 5.75 Å². The first kappa shape index (κ1) is 19.5. The van der Waals surface area contributed by atoms with E-state index in [1.807, 2.05) is 32.0 Å². The molecule has 0 aromatic heterocycles. The molecule has 2 aromatic carbocycles. The fourth-order valence-corrected chi connectivity index (χ4v) is 2.83. The van der Waals surface area contributed by atoms with Gasteiger partial charge in [0.15, 0.2) is 11.5 Å². The Morgan fingerprint density at radius 3 is 2.64 bits per heavy atom. The molecule has 3 rings (SSSR count). The zero-order chi connectivity index (χ0) is 20.1. The van der Waals surface area contributed by atoms with Gasteiger partial charge in [-0.25, -0.2) is 13.6 Å². The van der Waals surface area contributed by atoms with Crippen molar-refractivity contribution in [2.75, 3.05) is 18.5 Å². The van der Waals surface area contributed by atoms with Gasteiger partial charge in [0.25, 0.3) is 0 Å². The van der Waals surface area contributed by atoms with E-state index in [2.05, 4.69) is 22.5 Å². The van der Waals surface area contributed by atoms with Gasteiger partial charge in [-0.2, -0.15) is 0 Å². The van der Waals surface area contributed by atoms with Gasteiger partial charge in [-0.3, -0.25) is 0 Å². The lowest BCUT2D eigenvalue weighted by Crippen LogP contribution is -2.29. The van der Waals surface area contributed by atoms with Crippen LogP contribution >= 0.6 is 0 Å². The Hall–Kier alpha value is -3.27. The van der Waals surface area contributed by atoms with E-state index in [9.17, 15) is 13.6 Å². The molecule has 0 spiro atoms. The molecule has 0 atom stereocenters. The first-order chi connectivity index (χ1) is 13.4. The fourth-order valence-electron chi connectivity index (χ4n) is 2.83. The van der Waals surface area contributed by atoms with Gasteiger partial charge in [0.05, 0.1) is 6.54 Å². The second-order valence-electron chi connectivity index (χ2n) is 6.83. The number of hydrogen-bond acceptors (Lipinski definition) is 3. The first-order valence-corrected chi connectivity index (χ1v) is 8.74. The minimum absolute atomic E-state index is 0.00168. The molecular weight excluding hydrogens is 366 g/mol. The number of urea groups is 1. The molecule has 1 aliphatic rings. The Morgan fingerprint density at radius 1 is 1.18 bits per heavy atom. The molecule has 28 heavy (non-hydrogen) atoms. The summed E-state index contributed by atoms with van der Waals surface area (Å²) in [4.78, 5) is 11.7. The van der Waals surface area contributed by atoms with Crippen molar-refractivity contribution in [1.29, 1.82) is 0 Å². The van der Waals surface area contributed by atoms with E-state index in [0.717, 1.165) is 29.9 Å². The van der Waals surface area contributed by atoms with Crippen molar-refractivity contribution in [2.45, 2.75) is 25.9 Å². The fraction of sp³-hybridized carbons (Fsp3) is 0.286. The Balaban J connectivity index is 1.46. The van der Waals surface area contributed by atoms with Gasteiger partial charge in [0, 0.05) is 12.0 Å². The molecule has 0 fully saturated rings. The summed E-state index contributed by atoms with van der Waals surface area (Å²) >= 11 is 0. The Labute approximate surface area is 162 Å². The molecule has 2 amide bonds. The zero-order valence-corrected chi connectivity index (χ0v) is 15.6. The molecule has 1 aliphatic heterocycles. The van der Waals surface area contributed by atoms with Gasteiger partial charge in [0.2, 0.25) is 0 Å². The average molecular weight is 386 g/mol. The normalized spacial score (nSPS) is 13.6. The quantitative estimate of drug-likeness (QED) is 0.784. The maximum atomic E-state index is 13.5. The molecular formula is C21H20F2N2O3. The Kier molecular flexibility index (Phi) is 5.69. The van der Waals surface area contributed by atoms with Crippen molar-refractivity contribution in [1.82, 2.24) is 5.32 Å². The monoisotopic (exact) mass is 386 g/mol. The van der Waals surface area contributed by atoms with Gasteiger partial charge in [-0.1, -0.05) is 30.0 Å². The maximum Gasteiger partial charge on any atom is 0.320 e. The van der Waals surface area contributed by atoms with Gasteiger partial charge in [0.1, 0.15) is 29.5 Å². The summed E-state index contributed by atoms with van der Waals surface area (Å²) in [5.74, 6) is 5.13. The van der Waals surface area contributed by atoms with Crippen LogP contribution in [0.4, 0.5) is 19.3 Å². The van der Waals surface area contributed by atoms with Crippen molar-refractivity contribution in [3.63, 3.8) is 0 Å². The highest BCUT2D eigenvalue weighted by molar-refractivity contribution is 5.89. The summed E-state index contributed by atoms with van der Waals surface area (Å²) in [7, 11) is 0. The number of carbonyl (C=O) groups excluding carboxylic acids is 1. The Bertz CT molecular complexity index is 928. The van der Waals surface area contributed by atoms with Crippen LogP contribution in [0, 0.1) is 23.5 Å². The maximum absolute atomic E-state index is 13.5. The number of hydrogen-bond donors (Lipinski definition) is 2. The highest BCUT2D eigenvalue weighted by atomic mass is 19.1. The molecule has 0 unspecified atom stereocenters. The molecule has 0 saturated heterocycles. The average Bonchev–Trinajstić information content (AvgIpc) is 2.96. The van der Waals surface area contributed by atoms with Crippen molar-refractivity contribution >= 4 is 11.7 Å². The van der Waals surface area contributed by atoms with Crippen LogP contribution in [0.3, 0.4) is 0 Å². The van der Waals surface area contributed by atoms with Crippen molar-refractivity contribution < 1.29 is 23.0 Å². The van der Waals surface area contributed by atoms with Crippen LogP contribution in [0.15, 0.2) is 36.4 Å². The molecule has 0 bridgehead atoms. The second kappa shape index (κ2) is 8.17. The second-order valence-corrected chi connectivity index (χ2v) is 6.83. The number of anilines is 1. The predicted octanol–water partition coefficient (Wildman–Crippen LogP) is 3.88. The van der Waals surface area contributed by atoms with E-state index in [-0.39, 0.29) is 18.8 Å². The summed E-state index contributed by atoms with van der Waals surface area (Å²) in [6.07, 6.45) is 0.812. The number of nitrogens with one attached hydrogen (secondary N) is 2. The van der Waals surface area contributed by atoms with Crippen LogP contribution in [0.1, 0.15) is 19.4 Å². The van der Waals surface area contributed by atoms with E-state index >= 15 is 0 Å². The SMILES string of the molecule is CC1(C)Cc2cccc(OCC#CCNC(=O)Nc3c(F)cccc3F)c2O1. The van der Waals surface area contributed by atoms with E-state index in [4.69, 9.17) is 9.47 Å². The molecule has 5 nitrogen and oxygen atoms in total. The number of halogens is 2. The van der Waals surface area contributed by atoms with Crippen LogP contribution in [0.25, 0.3) is 0 Å². The largest absolute Gasteiger partial charge is 0.483 e. The number of rotatable bonds is 4. The van der Waals surface area contributed by atoms with Crippen molar-refractivity contribution in [3.05, 3.63) is 53.6 Å². The zero-order valence-electron chi connectivity index (χ0n) is 15.6. The third-order valence-electron chi connectivity index (χ3n) is 4.02. The third-order valence-corrected chi connectivity index (χ3v) is 4.02. The van der Waals surface area contributed by atoms with E-state index < -0.39 is 23.4 Å². The minimum Gasteiger partial charge on any atom is -0.483 e. The smallest absolute Gasteiger partial charge is 0.320 e. The Morgan fingerprint density at radius 2 is 1.89 bits per heavy atom. The number of amides is 2. The first-order valence-electron chi connectivity index (χ1n) is 8.74. The van der Waals surface area contributed by atoms with Gasteiger partial charge in [-0.15, -0.1) is 0 Å². The molecule has 1 heterocycles. The molecule has 0 aliphatic carbocycles. The summed E-state index contributed by atoms with van der Waals surface area (Å²) in [5.41, 5.74) is 0.328. The number of fused-ring (bicyclic) bond motifs is 1. The highest BCUT2D eigenvalue weighted by Crippen LogP contribution is 2.41. The number of ether oxygens (including phenoxy) is 2. The van der Waals surface area contributed by atoms with E-state index in [1.165, 1.54) is 6.07 Å². The van der Waals surface area contributed by atoms with Crippen LogP contribution in [0.5, 0.6) is 11.5 Å². The molecule has 2 aromatic rings. The lowest BCUT2D eigenvalue weighted by atomic mass is 10.0. The van der Waals surface area contributed by atoms with Crippen LogP contribution in [-0.4, -0.2) is 24.8 Å². The summed E-state index contributed by atoms with van der Waals surface area (Å²) in [5, 5.41) is 4.51. The molecule has 0 radical (unpaired) electrons. The highest BCUT2D eigenvalue weighted by Gasteiger charge is 2.32.